The van der Waals surface area contributed by atoms with Crippen molar-refractivity contribution in [2.45, 2.75) is 6.61 Å². The average Bonchev–Trinajstić information content (AvgIpc) is 2.69. The number of halogens is 3. The Bertz CT molecular complexity index is 608. The average molecular weight is 288 g/mol. The zero-order valence-corrected chi connectivity index (χ0v) is 11.1. The minimum atomic E-state index is -1.03. The van der Waals surface area contributed by atoms with E-state index < -0.39 is 11.6 Å². The Balaban J connectivity index is 2.59. The fourth-order valence-electron chi connectivity index (χ4n) is 1.71. The van der Waals surface area contributed by atoms with Crippen LogP contribution in [0.1, 0.15) is 5.56 Å². The van der Waals surface area contributed by atoms with Gasteiger partial charge < -0.3 is 10.5 Å². The zero-order valence-electron chi connectivity index (χ0n) is 10.4. The molecule has 2 N–H and O–H groups in total. The lowest BCUT2D eigenvalue weighted by atomic mass is 10.1. The van der Waals surface area contributed by atoms with Gasteiger partial charge >= 0.3 is 0 Å². The van der Waals surface area contributed by atoms with E-state index in [-0.39, 0.29) is 28.5 Å². The Labute approximate surface area is 113 Å². The number of methoxy groups -OCH3 is 1. The van der Waals surface area contributed by atoms with Gasteiger partial charge in [0.25, 0.3) is 0 Å². The highest BCUT2D eigenvalue weighted by atomic mass is 35.5. The molecule has 0 aliphatic carbocycles. The van der Waals surface area contributed by atoms with Crippen molar-refractivity contribution >= 4 is 17.4 Å². The number of aryl methyl sites for hydroxylation is 1. The molecule has 0 saturated heterocycles. The summed E-state index contributed by atoms with van der Waals surface area (Å²) in [6.45, 7) is -0.105. The lowest BCUT2D eigenvalue weighted by molar-refractivity contribution is 0.180. The van der Waals surface area contributed by atoms with E-state index in [0.29, 0.717) is 5.82 Å². The predicted octanol–water partition coefficient (Wildman–Crippen LogP) is 2.75. The molecule has 0 aliphatic rings. The lowest BCUT2D eigenvalue weighted by Gasteiger charge is -2.09. The summed E-state index contributed by atoms with van der Waals surface area (Å²) in [6, 6.07) is 2.76. The first-order valence-corrected chi connectivity index (χ1v) is 5.78. The largest absolute Gasteiger partial charge is 0.384 e. The first kappa shape index (κ1) is 13.8. The number of hydrogen-bond acceptors (Lipinski definition) is 3. The van der Waals surface area contributed by atoms with E-state index in [1.807, 2.05) is 0 Å². The zero-order chi connectivity index (χ0) is 14.2. The maximum Gasteiger partial charge on any atom is 0.168 e. The lowest BCUT2D eigenvalue weighted by Crippen LogP contribution is -2.01. The van der Waals surface area contributed by atoms with Crippen molar-refractivity contribution < 1.29 is 13.5 Å². The standard InChI is InChI=1S/C12H12ClF2N3O/c1-18-10(16)4-9(17-18)6-3-8(13)7(5-19-2)12(15)11(6)14/h3-4H,5,16H2,1-2H3. The molecule has 2 aromatic rings. The molecular weight excluding hydrogens is 276 g/mol. The predicted molar refractivity (Wildman–Crippen MR) is 68.7 cm³/mol. The van der Waals surface area contributed by atoms with Crippen molar-refractivity contribution in [3.05, 3.63) is 34.4 Å². The van der Waals surface area contributed by atoms with Gasteiger partial charge in [0.2, 0.25) is 0 Å². The van der Waals surface area contributed by atoms with Crippen LogP contribution in [-0.2, 0) is 18.4 Å². The van der Waals surface area contributed by atoms with Crippen LogP contribution in [0.15, 0.2) is 12.1 Å². The van der Waals surface area contributed by atoms with Crippen LogP contribution < -0.4 is 5.73 Å². The first-order chi connectivity index (χ1) is 8.95. The second-order valence-corrected chi connectivity index (χ2v) is 4.43. The molecule has 0 bridgehead atoms. The summed E-state index contributed by atoms with van der Waals surface area (Å²) in [6.07, 6.45) is 0. The van der Waals surface area contributed by atoms with Gasteiger partial charge in [0, 0.05) is 36.4 Å². The van der Waals surface area contributed by atoms with E-state index in [9.17, 15) is 8.78 Å². The van der Waals surface area contributed by atoms with Crippen LogP contribution in [0.4, 0.5) is 14.6 Å². The molecule has 0 fully saturated rings. The van der Waals surface area contributed by atoms with Gasteiger partial charge in [-0.2, -0.15) is 5.10 Å². The molecule has 1 heterocycles. The third kappa shape index (κ3) is 2.41. The SMILES string of the molecule is COCc1c(Cl)cc(-c2cc(N)n(C)n2)c(F)c1F. The van der Waals surface area contributed by atoms with E-state index in [4.69, 9.17) is 22.1 Å². The van der Waals surface area contributed by atoms with Gasteiger partial charge in [0.1, 0.15) is 5.82 Å². The van der Waals surface area contributed by atoms with Gasteiger partial charge in [-0.25, -0.2) is 8.78 Å². The number of aromatic nitrogens is 2. The summed E-state index contributed by atoms with van der Waals surface area (Å²) in [7, 11) is 2.98. The Morgan fingerprint density at radius 1 is 1.37 bits per heavy atom. The Kier molecular flexibility index (Phi) is 3.73. The number of nitrogen functional groups attached to an aromatic ring is 1. The fourth-order valence-corrected chi connectivity index (χ4v) is 1.96. The summed E-state index contributed by atoms with van der Waals surface area (Å²) in [5, 5.41) is 4.08. The molecular formula is C12H12ClF2N3O. The number of rotatable bonds is 3. The van der Waals surface area contributed by atoms with E-state index in [2.05, 4.69) is 5.10 Å². The van der Waals surface area contributed by atoms with Crippen molar-refractivity contribution in [1.82, 2.24) is 9.78 Å². The molecule has 0 unspecified atom stereocenters. The third-order valence-electron chi connectivity index (χ3n) is 2.73. The first-order valence-electron chi connectivity index (χ1n) is 5.41. The third-order valence-corrected chi connectivity index (χ3v) is 3.07. The van der Waals surface area contributed by atoms with Gasteiger partial charge in [0.05, 0.1) is 12.3 Å². The molecule has 0 amide bonds. The number of anilines is 1. The van der Waals surface area contributed by atoms with Crippen molar-refractivity contribution in [3.8, 4) is 11.3 Å². The molecule has 0 saturated carbocycles. The van der Waals surface area contributed by atoms with Crippen LogP contribution in [0.3, 0.4) is 0 Å². The smallest absolute Gasteiger partial charge is 0.168 e. The number of nitrogens with zero attached hydrogens (tertiary/aromatic N) is 2. The second-order valence-electron chi connectivity index (χ2n) is 4.02. The molecule has 0 spiro atoms. The number of benzene rings is 1. The molecule has 102 valence electrons. The van der Waals surface area contributed by atoms with Crippen LogP contribution in [0.5, 0.6) is 0 Å². The highest BCUT2D eigenvalue weighted by Gasteiger charge is 2.20. The molecule has 1 aromatic heterocycles. The van der Waals surface area contributed by atoms with Gasteiger partial charge in [-0.15, -0.1) is 0 Å². The molecule has 1 aromatic carbocycles. The number of hydrogen-bond donors (Lipinski definition) is 1. The molecule has 0 atom stereocenters. The van der Waals surface area contributed by atoms with E-state index in [1.165, 1.54) is 23.9 Å². The quantitative estimate of drug-likeness (QED) is 0.883. The van der Waals surface area contributed by atoms with E-state index in [0.717, 1.165) is 0 Å². The van der Waals surface area contributed by atoms with Crippen LogP contribution in [0.2, 0.25) is 5.02 Å². The summed E-state index contributed by atoms with van der Waals surface area (Å²) in [4.78, 5) is 0. The van der Waals surface area contributed by atoms with Crippen LogP contribution in [0.25, 0.3) is 11.3 Å². The van der Waals surface area contributed by atoms with Crippen molar-refractivity contribution in [2.75, 3.05) is 12.8 Å². The Hall–Kier alpha value is -1.66. The van der Waals surface area contributed by atoms with Crippen molar-refractivity contribution in [3.63, 3.8) is 0 Å². The van der Waals surface area contributed by atoms with Crippen molar-refractivity contribution in [2.24, 2.45) is 7.05 Å². The summed E-state index contributed by atoms with van der Waals surface area (Å²) in [5.41, 5.74) is 5.79. The number of ether oxygens (including phenoxy) is 1. The van der Waals surface area contributed by atoms with Crippen LogP contribution >= 0.6 is 11.6 Å². The number of nitrogens with two attached hydrogens (primary N) is 1. The van der Waals surface area contributed by atoms with E-state index >= 15 is 0 Å². The highest BCUT2D eigenvalue weighted by Crippen LogP contribution is 2.32. The summed E-state index contributed by atoms with van der Waals surface area (Å²) in [5.74, 6) is -1.71. The Morgan fingerprint density at radius 3 is 2.58 bits per heavy atom. The Morgan fingerprint density at radius 2 is 2.05 bits per heavy atom. The summed E-state index contributed by atoms with van der Waals surface area (Å²) >= 11 is 5.93. The monoisotopic (exact) mass is 287 g/mol. The van der Waals surface area contributed by atoms with Gasteiger partial charge in [-0.05, 0) is 6.07 Å². The molecule has 2 rings (SSSR count). The fraction of sp³-hybridized carbons (Fsp3) is 0.250. The molecule has 0 radical (unpaired) electrons. The summed E-state index contributed by atoms with van der Waals surface area (Å²) < 4.78 is 34.1. The van der Waals surface area contributed by atoms with Crippen LogP contribution in [-0.4, -0.2) is 16.9 Å². The van der Waals surface area contributed by atoms with Crippen LogP contribution in [0, 0.1) is 11.6 Å². The minimum absolute atomic E-state index is 0.0191. The molecule has 4 nitrogen and oxygen atoms in total. The molecule has 0 aliphatic heterocycles. The highest BCUT2D eigenvalue weighted by molar-refractivity contribution is 6.31. The molecule has 19 heavy (non-hydrogen) atoms. The van der Waals surface area contributed by atoms with Gasteiger partial charge in [-0.1, -0.05) is 11.6 Å². The minimum Gasteiger partial charge on any atom is -0.384 e. The van der Waals surface area contributed by atoms with Gasteiger partial charge in [-0.3, -0.25) is 4.68 Å². The maximum absolute atomic E-state index is 14.0. The normalized spacial score (nSPS) is 11.0. The maximum atomic E-state index is 14.0. The van der Waals surface area contributed by atoms with Crippen molar-refractivity contribution in [1.29, 1.82) is 0 Å². The van der Waals surface area contributed by atoms with E-state index in [1.54, 1.807) is 7.05 Å². The second kappa shape index (κ2) is 5.14. The van der Waals surface area contributed by atoms with Gasteiger partial charge in [0.15, 0.2) is 11.6 Å². The topological polar surface area (TPSA) is 53.1 Å². The molecule has 7 heteroatoms.